The molecule has 18 heavy (non-hydrogen) atoms. The summed E-state index contributed by atoms with van der Waals surface area (Å²) in [5.74, 6) is -0.570. The molecule has 0 aromatic heterocycles. The highest BCUT2D eigenvalue weighted by molar-refractivity contribution is 7.89. The van der Waals surface area contributed by atoms with Crippen molar-refractivity contribution >= 4 is 10.0 Å². The molecule has 0 heterocycles. The monoisotopic (exact) mass is 272 g/mol. The summed E-state index contributed by atoms with van der Waals surface area (Å²) in [6.07, 6.45) is 3.74. The number of sulfonamides is 1. The zero-order chi connectivity index (χ0) is 13.2. The van der Waals surface area contributed by atoms with Gasteiger partial charge in [0.1, 0.15) is 5.82 Å². The number of benzene rings is 1. The van der Waals surface area contributed by atoms with E-state index in [1.54, 1.807) is 0 Å². The van der Waals surface area contributed by atoms with Crippen molar-refractivity contribution in [2.45, 2.75) is 43.2 Å². The smallest absolute Gasteiger partial charge is 0.241 e. The van der Waals surface area contributed by atoms with E-state index in [2.05, 4.69) is 4.72 Å². The molecule has 6 heteroatoms. The normalized spacial score (nSPS) is 17.2. The zero-order valence-corrected chi connectivity index (χ0v) is 10.8. The van der Waals surface area contributed by atoms with Crippen LogP contribution in [0.25, 0.3) is 0 Å². The summed E-state index contributed by atoms with van der Waals surface area (Å²) in [6.45, 7) is 0.0706. The summed E-state index contributed by atoms with van der Waals surface area (Å²) in [5.41, 5.74) is 5.92. The summed E-state index contributed by atoms with van der Waals surface area (Å²) in [7, 11) is -3.68. The van der Waals surface area contributed by atoms with E-state index in [4.69, 9.17) is 5.73 Å². The van der Waals surface area contributed by atoms with Crippen LogP contribution in [0.4, 0.5) is 4.39 Å². The molecule has 4 nitrogen and oxygen atoms in total. The van der Waals surface area contributed by atoms with Crippen LogP contribution in [-0.2, 0) is 16.6 Å². The van der Waals surface area contributed by atoms with Crippen molar-refractivity contribution in [3.63, 3.8) is 0 Å². The van der Waals surface area contributed by atoms with E-state index < -0.39 is 15.8 Å². The van der Waals surface area contributed by atoms with Crippen LogP contribution in [0.1, 0.15) is 31.2 Å². The number of hydrogen-bond donors (Lipinski definition) is 2. The molecule has 1 saturated carbocycles. The lowest BCUT2D eigenvalue weighted by Gasteiger charge is -2.14. The van der Waals surface area contributed by atoms with E-state index >= 15 is 0 Å². The average molecular weight is 272 g/mol. The first-order valence-electron chi connectivity index (χ1n) is 6.04. The predicted octanol–water partition coefficient (Wildman–Crippen LogP) is 1.51. The minimum atomic E-state index is -3.68. The van der Waals surface area contributed by atoms with Crippen LogP contribution in [0.15, 0.2) is 23.1 Å². The van der Waals surface area contributed by atoms with Gasteiger partial charge in [0.2, 0.25) is 10.0 Å². The maximum absolute atomic E-state index is 13.2. The highest BCUT2D eigenvalue weighted by Gasteiger charge is 2.24. The first kappa shape index (κ1) is 13.5. The summed E-state index contributed by atoms with van der Waals surface area (Å²) in [4.78, 5) is -0.0445. The van der Waals surface area contributed by atoms with Crippen molar-refractivity contribution in [2.24, 2.45) is 5.73 Å². The molecule has 0 aliphatic heterocycles. The Morgan fingerprint density at radius 3 is 2.61 bits per heavy atom. The van der Waals surface area contributed by atoms with Gasteiger partial charge >= 0.3 is 0 Å². The Morgan fingerprint density at radius 2 is 2.00 bits per heavy atom. The number of nitrogens with one attached hydrogen (secondary N) is 1. The van der Waals surface area contributed by atoms with Crippen molar-refractivity contribution in [3.8, 4) is 0 Å². The Hall–Kier alpha value is -0.980. The molecule has 0 spiro atoms. The lowest BCUT2D eigenvalue weighted by molar-refractivity contribution is 0.548. The van der Waals surface area contributed by atoms with E-state index in [9.17, 15) is 12.8 Å². The molecule has 0 bridgehead atoms. The first-order chi connectivity index (χ1) is 8.53. The Morgan fingerprint density at radius 1 is 1.33 bits per heavy atom. The van der Waals surface area contributed by atoms with Crippen molar-refractivity contribution in [3.05, 3.63) is 29.6 Å². The minimum absolute atomic E-state index is 0.0381. The standard InChI is InChI=1S/C12H17FN2O2S/c13-10-6-5-9(8-14)12(7-10)18(16,17)15-11-3-1-2-4-11/h5-7,11,15H,1-4,8,14H2. The first-order valence-corrected chi connectivity index (χ1v) is 7.52. The highest BCUT2D eigenvalue weighted by Crippen LogP contribution is 2.22. The molecule has 1 aliphatic rings. The fourth-order valence-corrected chi connectivity index (χ4v) is 3.84. The van der Waals surface area contributed by atoms with Gasteiger partial charge in [-0.2, -0.15) is 0 Å². The van der Waals surface area contributed by atoms with Crippen LogP contribution in [0.5, 0.6) is 0 Å². The Bertz CT molecular complexity index is 525. The third kappa shape index (κ3) is 2.88. The SMILES string of the molecule is NCc1ccc(F)cc1S(=O)(=O)NC1CCCC1. The van der Waals surface area contributed by atoms with E-state index in [0.717, 1.165) is 31.7 Å². The fourth-order valence-electron chi connectivity index (χ4n) is 2.27. The van der Waals surface area contributed by atoms with Crippen LogP contribution in [0, 0.1) is 5.82 Å². The second kappa shape index (κ2) is 5.34. The molecule has 1 aromatic rings. The maximum Gasteiger partial charge on any atom is 0.241 e. The van der Waals surface area contributed by atoms with Gasteiger partial charge in [-0.15, -0.1) is 0 Å². The maximum atomic E-state index is 13.2. The van der Waals surface area contributed by atoms with Crippen molar-refractivity contribution in [1.82, 2.24) is 4.72 Å². The molecule has 1 aromatic carbocycles. The van der Waals surface area contributed by atoms with E-state index in [-0.39, 0.29) is 17.5 Å². The second-order valence-electron chi connectivity index (χ2n) is 4.56. The molecule has 1 aliphatic carbocycles. The third-order valence-corrected chi connectivity index (χ3v) is 4.82. The quantitative estimate of drug-likeness (QED) is 0.872. The van der Waals surface area contributed by atoms with Gasteiger partial charge in [-0.05, 0) is 30.5 Å². The van der Waals surface area contributed by atoms with E-state index in [1.165, 1.54) is 12.1 Å². The highest BCUT2D eigenvalue weighted by atomic mass is 32.2. The molecule has 1 fully saturated rings. The molecule has 0 unspecified atom stereocenters. The van der Waals surface area contributed by atoms with Gasteiger partial charge in [-0.25, -0.2) is 17.5 Å². The number of nitrogens with two attached hydrogens (primary N) is 1. The zero-order valence-electron chi connectivity index (χ0n) is 10.0. The van der Waals surface area contributed by atoms with Crippen LogP contribution >= 0.6 is 0 Å². The molecule has 100 valence electrons. The third-order valence-electron chi connectivity index (χ3n) is 3.22. The molecule has 0 atom stereocenters. The Labute approximate surface area is 106 Å². The van der Waals surface area contributed by atoms with Crippen molar-refractivity contribution in [1.29, 1.82) is 0 Å². The predicted molar refractivity (Wildman–Crippen MR) is 66.9 cm³/mol. The number of halogens is 1. The van der Waals surface area contributed by atoms with E-state index in [0.29, 0.717) is 5.56 Å². The van der Waals surface area contributed by atoms with Gasteiger partial charge in [0, 0.05) is 12.6 Å². The van der Waals surface area contributed by atoms with Crippen LogP contribution in [-0.4, -0.2) is 14.5 Å². The van der Waals surface area contributed by atoms with Crippen LogP contribution < -0.4 is 10.5 Å². The van der Waals surface area contributed by atoms with Crippen molar-refractivity contribution in [2.75, 3.05) is 0 Å². The average Bonchev–Trinajstić information content (AvgIpc) is 2.81. The number of hydrogen-bond acceptors (Lipinski definition) is 3. The summed E-state index contributed by atoms with van der Waals surface area (Å²) in [5, 5.41) is 0. The molecule has 0 amide bonds. The van der Waals surface area contributed by atoms with Crippen LogP contribution in [0.2, 0.25) is 0 Å². The van der Waals surface area contributed by atoms with E-state index in [1.807, 2.05) is 0 Å². The Balaban J connectivity index is 2.30. The van der Waals surface area contributed by atoms with Gasteiger partial charge in [0.25, 0.3) is 0 Å². The fraction of sp³-hybridized carbons (Fsp3) is 0.500. The molecule has 0 saturated heterocycles. The molecule has 3 N–H and O–H groups in total. The van der Waals surface area contributed by atoms with Crippen LogP contribution in [0.3, 0.4) is 0 Å². The molecular formula is C12H17FN2O2S. The largest absolute Gasteiger partial charge is 0.326 e. The summed E-state index contributed by atoms with van der Waals surface area (Å²) < 4.78 is 40.2. The van der Waals surface area contributed by atoms with Gasteiger partial charge in [-0.3, -0.25) is 0 Å². The molecule has 2 rings (SSSR count). The van der Waals surface area contributed by atoms with Gasteiger partial charge in [0.05, 0.1) is 4.90 Å². The van der Waals surface area contributed by atoms with Gasteiger partial charge in [0.15, 0.2) is 0 Å². The number of rotatable bonds is 4. The summed E-state index contributed by atoms with van der Waals surface area (Å²) in [6, 6.07) is 3.62. The minimum Gasteiger partial charge on any atom is -0.326 e. The Kier molecular flexibility index (Phi) is 3.99. The topological polar surface area (TPSA) is 72.2 Å². The molecule has 0 radical (unpaired) electrons. The molecular weight excluding hydrogens is 255 g/mol. The summed E-state index contributed by atoms with van der Waals surface area (Å²) >= 11 is 0. The lowest BCUT2D eigenvalue weighted by Crippen LogP contribution is -2.33. The lowest BCUT2D eigenvalue weighted by atomic mass is 10.2. The van der Waals surface area contributed by atoms with Gasteiger partial charge < -0.3 is 5.73 Å². The second-order valence-corrected chi connectivity index (χ2v) is 6.24. The van der Waals surface area contributed by atoms with Crippen molar-refractivity contribution < 1.29 is 12.8 Å². The van der Waals surface area contributed by atoms with Gasteiger partial charge in [-0.1, -0.05) is 18.9 Å².